The van der Waals surface area contributed by atoms with Crippen LogP contribution >= 0.6 is 23.8 Å². The first-order chi connectivity index (χ1) is 7.95. The van der Waals surface area contributed by atoms with Crippen molar-refractivity contribution in [1.29, 1.82) is 0 Å². The Kier molecular flexibility index (Phi) is 4.90. The Labute approximate surface area is 112 Å². The first-order valence-corrected chi connectivity index (χ1v) is 6.08. The molecular formula is C12H15ClN2OS. The molecule has 0 heterocycles. The van der Waals surface area contributed by atoms with Crippen molar-refractivity contribution in [3.63, 3.8) is 0 Å². The van der Waals surface area contributed by atoms with Crippen LogP contribution in [0.3, 0.4) is 0 Å². The monoisotopic (exact) mass is 270 g/mol. The number of thiocarbonyl (C=S) groups is 1. The van der Waals surface area contributed by atoms with E-state index < -0.39 is 0 Å². The number of benzene rings is 1. The first-order valence-electron chi connectivity index (χ1n) is 5.29. The number of amides is 1. The van der Waals surface area contributed by atoms with Crippen LogP contribution < -0.4 is 5.73 Å². The maximum atomic E-state index is 12.2. The van der Waals surface area contributed by atoms with Gasteiger partial charge in [-0.1, -0.05) is 23.8 Å². The third-order valence-corrected chi connectivity index (χ3v) is 2.80. The second-order valence-corrected chi connectivity index (χ2v) is 4.71. The molecule has 3 nitrogen and oxygen atoms in total. The van der Waals surface area contributed by atoms with Gasteiger partial charge in [-0.15, -0.1) is 0 Å². The molecule has 2 N–H and O–H groups in total. The van der Waals surface area contributed by atoms with E-state index in [2.05, 4.69) is 0 Å². The Morgan fingerprint density at radius 3 is 2.65 bits per heavy atom. The second kappa shape index (κ2) is 5.98. The smallest absolute Gasteiger partial charge is 0.254 e. The van der Waals surface area contributed by atoms with Gasteiger partial charge in [0.25, 0.3) is 5.91 Å². The van der Waals surface area contributed by atoms with Crippen molar-refractivity contribution in [3.8, 4) is 0 Å². The molecule has 0 aliphatic rings. The molecule has 17 heavy (non-hydrogen) atoms. The summed E-state index contributed by atoms with van der Waals surface area (Å²) >= 11 is 10.7. The molecule has 0 spiro atoms. The summed E-state index contributed by atoms with van der Waals surface area (Å²) in [5, 5.41) is 0.622. The molecule has 0 saturated carbocycles. The van der Waals surface area contributed by atoms with Gasteiger partial charge in [-0.3, -0.25) is 4.79 Å². The lowest BCUT2D eigenvalue weighted by molar-refractivity contribution is 0.0787. The Morgan fingerprint density at radius 1 is 1.53 bits per heavy atom. The molecule has 0 fully saturated rings. The van der Waals surface area contributed by atoms with E-state index in [0.717, 1.165) is 5.56 Å². The molecule has 5 heteroatoms. The Bertz CT molecular complexity index is 448. The highest BCUT2D eigenvalue weighted by Gasteiger charge is 2.16. The van der Waals surface area contributed by atoms with Gasteiger partial charge in [-0.05, 0) is 37.6 Å². The van der Waals surface area contributed by atoms with E-state index in [0.29, 0.717) is 28.7 Å². The van der Waals surface area contributed by atoms with Gasteiger partial charge in [0, 0.05) is 17.1 Å². The van der Waals surface area contributed by atoms with E-state index in [1.807, 2.05) is 13.8 Å². The van der Waals surface area contributed by atoms with Crippen molar-refractivity contribution in [3.05, 3.63) is 34.3 Å². The number of hydrogen-bond donors (Lipinski definition) is 1. The summed E-state index contributed by atoms with van der Waals surface area (Å²) in [6, 6.07) is 5.20. The molecular weight excluding hydrogens is 256 g/mol. The summed E-state index contributed by atoms with van der Waals surface area (Å²) in [6.45, 7) is 4.61. The topological polar surface area (TPSA) is 46.3 Å². The number of likely N-dealkylation sites (N-methyl/N-ethyl adjacent to an activating group) is 1. The minimum Gasteiger partial charge on any atom is -0.392 e. The van der Waals surface area contributed by atoms with Crippen LogP contribution in [-0.2, 0) is 0 Å². The molecule has 1 rings (SSSR count). The third-order valence-electron chi connectivity index (χ3n) is 2.43. The van der Waals surface area contributed by atoms with Crippen LogP contribution in [0, 0.1) is 6.92 Å². The Balaban J connectivity index is 2.97. The van der Waals surface area contributed by atoms with Gasteiger partial charge in [0.15, 0.2) is 0 Å². The predicted octanol–water partition coefficient (Wildman–Crippen LogP) is 2.40. The zero-order chi connectivity index (χ0) is 13.0. The van der Waals surface area contributed by atoms with Crippen LogP contribution in [0.4, 0.5) is 0 Å². The van der Waals surface area contributed by atoms with Crippen molar-refractivity contribution in [1.82, 2.24) is 4.90 Å². The molecule has 0 aliphatic heterocycles. The lowest BCUT2D eigenvalue weighted by atomic mass is 10.1. The van der Waals surface area contributed by atoms with Crippen molar-refractivity contribution in [2.75, 3.05) is 13.1 Å². The van der Waals surface area contributed by atoms with Crippen molar-refractivity contribution in [2.45, 2.75) is 13.8 Å². The Morgan fingerprint density at radius 2 is 2.18 bits per heavy atom. The quantitative estimate of drug-likeness (QED) is 0.855. The van der Waals surface area contributed by atoms with Gasteiger partial charge in [-0.2, -0.15) is 0 Å². The molecule has 1 amide bonds. The van der Waals surface area contributed by atoms with E-state index in [9.17, 15) is 4.79 Å². The van der Waals surface area contributed by atoms with E-state index in [1.165, 1.54) is 0 Å². The zero-order valence-electron chi connectivity index (χ0n) is 9.87. The van der Waals surface area contributed by atoms with Crippen LogP contribution in [0.2, 0.25) is 5.02 Å². The highest BCUT2D eigenvalue weighted by atomic mass is 35.5. The van der Waals surface area contributed by atoms with Gasteiger partial charge < -0.3 is 10.6 Å². The van der Waals surface area contributed by atoms with Gasteiger partial charge in [0.05, 0.1) is 11.5 Å². The van der Waals surface area contributed by atoms with Crippen molar-refractivity contribution in [2.24, 2.45) is 5.73 Å². The minimum atomic E-state index is -0.0746. The first kappa shape index (κ1) is 13.9. The zero-order valence-corrected chi connectivity index (χ0v) is 11.4. The second-order valence-electron chi connectivity index (χ2n) is 3.74. The van der Waals surface area contributed by atoms with Crippen LogP contribution in [0.25, 0.3) is 0 Å². The van der Waals surface area contributed by atoms with Crippen molar-refractivity contribution >= 4 is 34.7 Å². The molecule has 0 radical (unpaired) electrons. The number of nitrogens with zero attached hydrogens (tertiary/aromatic N) is 1. The number of hydrogen-bond acceptors (Lipinski definition) is 2. The molecule has 92 valence electrons. The lowest BCUT2D eigenvalue weighted by Gasteiger charge is -2.21. The fourth-order valence-electron chi connectivity index (χ4n) is 1.55. The van der Waals surface area contributed by atoms with E-state index >= 15 is 0 Å². The summed E-state index contributed by atoms with van der Waals surface area (Å²) in [5.41, 5.74) is 6.95. The molecule has 0 bridgehead atoms. The van der Waals surface area contributed by atoms with E-state index in [1.54, 1.807) is 23.1 Å². The number of carbonyl (C=O) groups is 1. The molecule has 0 aromatic heterocycles. The number of carbonyl (C=O) groups excluding carboxylic acids is 1. The number of rotatable bonds is 4. The fourth-order valence-corrected chi connectivity index (χ4v) is 1.94. The summed E-state index contributed by atoms with van der Waals surface area (Å²) in [7, 11) is 0. The summed E-state index contributed by atoms with van der Waals surface area (Å²) < 4.78 is 0. The number of nitrogens with two attached hydrogens (primary N) is 1. The molecule has 1 aromatic rings. The van der Waals surface area contributed by atoms with Crippen molar-refractivity contribution < 1.29 is 4.79 Å². The molecule has 0 saturated heterocycles. The number of aryl methyl sites for hydroxylation is 1. The minimum absolute atomic E-state index is 0.0746. The molecule has 0 atom stereocenters. The predicted molar refractivity (Wildman–Crippen MR) is 74.6 cm³/mol. The number of halogens is 1. The molecule has 1 aromatic carbocycles. The van der Waals surface area contributed by atoms with Crippen LogP contribution in [0.1, 0.15) is 22.8 Å². The fraction of sp³-hybridized carbons (Fsp3) is 0.333. The van der Waals surface area contributed by atoms with Gasteiger partial charge in [0.1, 0.15) is 0 Å². The van der Waals surface area contributed by atoms with Gasteiger partial charge in [-0.25, -0.2) is 0 Å². The maximum Gasteiger partial charge on any atom is 0.254 e. The average Bonchev–Trinajstić information content (AvgIpc) is 2.24. The normalized spacial score (nSPS) is 10.1. The molecule has 0 unspecified atom stereocenters. The Hall–Kier alpha value is -1.13. The third kappa shape index (κ3) is 3.68. The van der Waals surface area contributed by atoms with Crippen LogP contribution in [-0.4, -0.2) is 28.9 Å². The summed E-state index contributed by atoms with van der Waals surface area (Å²) in [4.78, 5) is 14.1. The summed E-state index contributed by atoms with van der Waals surface area (Å²) in [5.74, 6) is -0.0746. The molecule has 0 aliphatic carbocycles. The average molecular weight is 271 g/mol. The highest BCUT2D eigenvalue weighted by molar-refractivity contribution is 7.80. The van der Waals surface area contributed by atoms with E-state index in [4.69, 9.17) is 29.6 Å². The van der Waals surface area contributed by atoms with E-state index in [-0.39, 0.29) is 5.91 Å². The van der Waals surface area contributed by atoms with Crippen LogP contribution in [0.15, 0.2) is 18.2 Å². The standard InChI is InChI=1S/C12H15ClN2OS/c1-3-15(7-11(14)17)12(16)10-5-4-9(13)6-8(10)2/h4-6H,3,7H2,1-2H3,(H2,14,17). The van der Waals surface area contributed by atoms with Crippen LogP contribution in [0.5, 0.6) is 0 Å². The highest BCUT2D eigenvalue weighted by Crippen LogP contribution is 2.16. The maximum absolute atomic E-state index is 12.2. The summed E-state index contributed by atoms with van der Waals surface area (Å²) in [6.07, 6.45) is 0. The largest absolute Gasteiger partial charge is 0.392 e. The van der Waals surface area contributed by atoms with Gasteiger partial charge in [0.2, 0.25) is 0 Å². The van der Waals surface area contributed by atoms with Gasteiger partial charge >= 0.3 is 0 Å². The SMILES string of the molecule is CCN(CC(N)=S)C(=O)c1ccc(Cl)cc1C. The lowest BCUT2D eigenvalue weighted by Crippen LogP contribution is -2.37.